The van der Waals surface area contributed by atoms with Gasteiger partial charge in [-0.2, -0.15) is 0 Å². The molecule has 0 atom stereocenters. The Morgan fingerprint density at radius 3 is 2.42 bits per heavy atom. The summed E-state index contributed by atoms with van der Waals surface area (Å²) in [5.74, 6) is -0.874. The molecule has 2 heterocycles. The molecule has 38 heavy (non-hydrogen) atoms. The van der Waals surface area contributed by atoms with Gasteiger partial charge in [-0.05, 0) is 77.6 Å². The van der Waals surface area contributed by atoms with Crippen LogP contribution in [0.5, 0.6) is 0 Å². The lowest BCUT2D eigenvalue weighted by atomic mass is 9.73. The fraction of sp³-hybridized carbons (Fsp3) is 0.406. The first kappa shape index (κ1) is 26.5. The molecule has 1 fully saturated rings. The van der Waals surface area contributed by atoms with Gasteiger partial charge < -0.3 is 14.9 Å². The van der Waals surface area contributed by atoms with E-state index in [1.807, 2.05) is 23.5 Å². The van der Waals surface area contributed by atoms with Crippen molar-refractivity contribution in [3.63, 3.8) is 0 Å². The second-order valence-electron chi connectivity index (χ2n) is 11.6. The van der Waals surface area contributed by atoms with Gasteiger partial charge in [0.1, 0.15) is 0 Å². The number of aromatic carboxylic acids is 1. The van der Waals surface area contributed by atoms with E-state index in [9.17, 15) is 9.90 Å². The zero-order chi connectivity index (χ0) is 26.9. The van der Waals surface area contributed by atoms with Gasteiger partial charge in [0, 0.05) is 68.6 Å². The molecule has 5 nitrogen and oxygen atoms in total. The fourth-order valence-electron chi connectivity index (χ4n) is 5.76. The maximum atomic E-state index is 11.2. The molecule has 0 spiro atoms. The second-order valence-corrected chi connectivity index (χ2v) is 12.6. The molecule has 0 saturated carbocycles. The summed E-state index contributed by atoms with van der Waals surface area (Å²) in [6, 6.07) is 18.4. The summed E-state index contributed by atoms with van der Waals surface area (Å²) < 4.78 is 0. The van der Waals surface area contributed by atoms with E-state index in [0.717, 1.165) is 44.8 Å². The van der Waals surface area contributed by atoms with E-state index in [1.54, 1.807) is 23.3 Å². The summed E-state index contributed by atoms with van der Waals surface area (Å²) in [5.41, 5.74) is 8.81. The molecular formula is C32H39N3O2S. The van der Waals surface area contributed by atoms with Crippen molar-refractivity contribution in [3.05, 3.63) is 76.0 Å². The number of hydrogen-bond acceptors (Lipinski definition) is 5. The van der Waals surface area contributed by atoms with E-state index < -0.39 is 5.97 Å². The van der Waals surface area contributed by atoms with Crippen LogP contribution in [-0.2, 0) is 0 Å². The Hall–Kier alpha value is -3.09. The minimum absolute atomic E-state index is 0.325. The molecular weight excluding hydrogens is 490 g/mol. The Kier molecular flexibility index (Phi) is 7.64. The highest BCUT2D eigenvalue weighted by Gasteiger charge is 2.30. The van der Waals surface area contributed by atoms with E-state index in [2.05, 4.69) is 78.4 Å². The number of para-hydroxylation sites is 1. The summed E-state index contributed by atoms with van der Waals surface area (Å²) in [7, 11) is 4.22. The normalized spacial score (nSPS) is 18.1. The minimum Gasteiger partial charge on any atom is -0.478 e. The number of piperazine rings is 1. The largest absolute Gasteiger partial charge is 0.478 e. The van der Waals surface area contributed by atoms with Crippen molar-refractivity contribution in [2.24, 2.45) is 5.41 Å². The number of benzene rings is 2. The van der Waals surface area contributed by atoms with Gasteiger partial charge in [-0.15, -0.1) is 11.3 Å². The summed E-state index contributed by atoms with van der Waals surface area (Å²) >= 11 is 1.89. The molecule has 1 aliphatic carbocycles. The van der Waals surface area contributed by atoms with Crippen molar-refractivity contribution < 1.29 is 9.90 Å². The molecule has 0 radical (unpaired) electrons. The smallest absolute Gasteiger partial charge is 0.335 e. The highest BCUT2D eigenvalue weighted by Crippen LogP contribution is 2.46. The number of carboxylic acids is 1. The highest BCUT2D eigenvalue weighted by molar-refractivity contribution is 7.11. The summed E-state index contributed by atoms with van der Waals surface area (Å²) in [4.78, 5) is 19.8. The van der Waals surface area contributed by atoms with Gasteiger partial charge >= 0.3 is 5.97 Å². The summed E-state index contributed by atoms with van der Waals surface area (Å²) in [5, 5.41) is 11.5. The number of carbonyl (C=O) groups is 1. The molecule has 2 aliphatic rings. The molecule has 1 aromatic heterocycles. The number of rotatable bonds is 7. The standard InChI is InChI=1S/C32H39N3O2S/c1-32(2)14-13-24(21-34-15-17-35(18-16-34)26-11-9-23(10-12-26)31(36)37)28(20-32)30-19-25(22-38-30)27-7-5-6-8-29(27)33(3)4/h5-12,19,22H,13-18,20-21H2,1-4H3,(H,36,37). The van der Waals surface area contributed by atoms with Crippen LogP contribution in [0.15, 0.2) is 65.6 Å². The van der Waals surface area contributed by atoms with Gasteiger partial charge in [0.25, 0.3) is 0 Å². The van der Waals surface area contributed by atoms with Crippen molar-refractivity contribution in [1.82, 2.24) is 4.90 Å². The lowest BCUT2D eigenvalue weighted by Gasteiger charge is -2.39. The quantitative estimate of drug-likeness (QED) is 0.358. The molecule has 5 rings (SSSR count). The zero-order valence-electron chi connectivity index (χ0n) is 23.0. The molecule has 0 unspecified atom stereocenters. The molecule has 1 N–H and O–H groups in total. The van der Waals surface area contributed by atoms with Crippen molar-refractivity contribution in [2.45, 2.75) is 33.1 Å². The van der Waals surface area contributed by atoms with E-state index >= 15 is 0 Å². The van der Waals surface area contributed by atoms with Gasteiger partial charge in [0.2, 0.25) is 0 Å². The average molecular weight is 530 g/mol. The zero-order valence-corrected chi connectivity index (χ0v) is 23.9. The molecule has 3 aromatic rings. The number of carboxylic acid groups (broad SMARTS) is 1. The lowest BCUT2D eigenvalue weighted by molar-refractivity contribution is 0.0697. The Morgan fingerprint density at radius 2 is 1.74 bits per heavy atom. The van der Waals surface area contributed by atoms with Crippen molar-refractivity contribution in [2.75, 3.05) is 56.6 Å². The third-order valence-electron chi connectivity index (χ3n) is 8.05. The van der Waals surface area contributed by atoms with Gasteiger partial charge in [-0.25, -0.2) is 4.79 Å². The monoisotopic (exact) mass is 529 g/mol. The molecule has 0 amide bonds. The molecule has 200 valence electrons. The average Bonchev–Trinajstić information content (AvgIpc) is 3.40. The predicted octanol–water partition coefficient (Wildman–Crippen LogP) is 6.97. The lowest BCUT2D eigenvalue weighted by Crippen LogP contribution is -2.47. The van der Waals surface area contributed by atoms with Gasteiger partial charge in [-0.1, -0.05) is 37.6 Å². The first-order valence-electron chi connectivity index (χ1n) is 13.6. The van der Waals surface area contributed by atoms with Crippen LogP contribution < -0.4 is 9.80 Å². The first-order chi connectivity index (χ1) is 18.2. The molecule has 1 saturated heterocycles. The fourth-order valence-corrected chi connectivity index (χ4v) is 6.76. The minimum atomic E-state index is -0.874. The van der Waals surface area contributed by atoms with Crippen LogP contribution in [0, 0.1) is 5.41 Å². The molecule has 6 heteroatoms. The Balaban J connectivity index is 1.33. The van der Waals surface area contributed by atoms with Gasteiger partial charge in [0.05, 0.1) is 5.56 Å². The van der Waals surface area contributed by atoms with Crippen LogP contribution in [0.3, 0.4) is 0 Å². The van der Waals surface area contributed by atoms with E-state index in [1.165, 1.54) is 34.5 Å². The highest BCUT2D eigenvalue weighted by atomic mass is 32.1. The second kappa shape index (κ2) is 11.0. The predicted molar refractivity (Wildman–Crippen MR) is 161 cm³/mol. The Bertz CT molecular complexity index is 1310. The van der Waals surface area contributed by atoms with Gasteiger partial charge in [0.15, 0.2) is 0 Å². The number of anilines is 2. The number of thiophene rings is 1. The topological polar surface area (TPSA) is 47.0 Å². The van der Waals surface area contributed by atoms with Gasteiger partial charge in [-0.3, -0.25) is 4.90 Å². The van der Waals surface area contributed by atoms with Crippen molar-refractivity contribution in [3.8, 4) is 11.1 Å². The number of allylic oxidation sites excluding steroid dienone is 1. The van der Waals surface area contributed by atoms with Crippen LogP contribution in [-0.4, -0.2) is 62.8 Å². The first-order valence-corrected chi connectivity index (χ1v) is 14.5. The molecule has 0 bridgehead atoms. The maximum Gasteiger partial charge on any atom is 0.335 e. The third kappa shape index (κ3) is 5.82. The molecule has 1 aliphatic heterocycles. The SMILES string of the molecule is CN(C)c1ccccc1-c1csc(C2=C(CN3CCN(c4ccc(C(=O)O)cc4)CC3)CCC(C)(C)C2)c1. The summed E-state index contributed by atoms with van der Waals surface area (Å²) in [6.07, 6.45) is 3.54. The van der Waals surface area contributed by atoms with E-state index in [-0.39, 0.29) is 0 Å². The van der Waals surface area contributed by atoms with Crippen LogP contribution in [0.2, 0.25) is 0 Å². The third-order valence-corrected chi connectivity index (χ3v) is 9.04. The van der Waals surface area contributed by atoms with Crippen LogP contribution in [0.1, 0.15) is 48.3 Å². The summed E-state index contributed by atoms with van der Waals surface area (Å²) in [6.45, 7) is 9.83. The van der Waals surface area contributed by atoms with Crippen LogP contribution >= 0.6 is 11.3 Å². The number of nitrogens with zero attached hydrogens (tertiary/aromatic N) is 3. The van der Waals surface area contributed by atoms with E-state index in [0.29, 0.717) is 11.0 Å². The maximum absolute atomic E-state index is 11.2. The van der Waals surface area contributed by atoms with Crippen molar-refractivity contribution in [1.29, 1.82) is 0 Å². The van der Waals surface area contributed by atoms with Crippen LogP contribution in [0.4, 0.5) is 11.4 Å². The number of hydrogen-bond donors (Lipinski definition) is 1. The Morgan fingerprint density at radius 1 is 1.03 bits per heavy atom. The van der Waals surface area contributed by atoms with E-state index in [4.69, 9.17) is 0 Å². The Labute approximate surface area is 231 Å². The van der Waals surface area contributed by atoms with Crippen LogP contribution in [0.25, 0.3) is 16.7 Å². The van der Waals surface area contributed by atoms with Crippen molar-refractivity contribution >= 4 is 34.3 Å². The molecule has 2 aromatic carbocycles.